The van der Waals surface area contributed by atoms with Gasteiger partial charge in [-0.15, -0.1) is 0 Å². The molecule has 138 valence electrons. The quantitative estimate of drug-likeness (QED) is 0.697. The number of benzene rings is 1. The molecule has 0 N–H and O–H groups in total. The summed E-state index contributed by atoms with van der Waals surface area (Å²) in [5, 5.41) is 1.13. The Morgan fingerprint density at radius 2 is 1.81 bits per heavy atom. The lowest BCUT2D eigenvalue weighted by molar-refractivity contribution is 0.284. The van der Waals surface area contributed by atoms with Crippen LogP contribution < -0.4 is 9.64 Å². The topological polar surface area (TPSA) is 41.5 Å². The van der Waals surface area contributed by atoms with Crippen molar-refractivity contribution in [3.63, 3.8) is 0 Å². The van der Waals surface area contributed by atoms with E-state index >= 15 is 0 Å². The molecule has 2 aromatic heterocycles. The van der Waals surface area contributed by atoms with E-state index in [4.69, 9.17) is 4.74 Å². The molecule has 0 saturated carbocycles. The molecule has 1 aliphatic rings. The second kappa shape index (κ2) is 8.18. The minimum Gasteiger partial charge on any atom is -0.496 e. The molecule has 4 rings (SSSR count). The molecule has 0 spiro atoms. The maximum atomic E-state index is 5.40. The highest BCUT2D eigenvalue weighted by molar-refractivity contribution is 5.89. The van der Waals surface area contributed by atoms with Gasteiger partial charge >= 0.3 is 0 Å². The number of fused-ring (bicyclic) bond motifs is 1. The number of piperazine rings is 1. The predicted molar refractivity (Wildman–Crippen MR) is 110 cm³/mol. The maximum Gasteiger partial charge on any atom is 0.138 e. The monoisotopic (exact) mass is 360 g/mol. The van der Waals surface area contributed by atoms with Crippen LogP contribution >= 0.6 is 0 Å². The zero-order chi connectivity index (χ0) is 18.5. The molecule has 1 fully saturated rings. The molecule has 1 aliphatic heterocycles. The van der Waals surface area contributed by atoms with Gasteiger partial charge in [0.15, 0.2) is 0 Å². The second-order valence-electron chi connectivity index (χ2n) is 6.64. The van der Waals surface area contributed by atoms with E-state index in [0.717, 1.165) is 60.8 Å². The summed E-state index contributed by atoms with van der Waals surface area (Å²) in [6.07, 6.45) is 8.04. The van der Waals surface area contributed by atoms with Crippen molar-refractivity contribution in [3.05, 3.63) is 66.5 Å². The lowest BCUT2D eigenvalue weighted by Crippen LogP contribution is -2.46. The van der Waals surface area contributed by atoms with Gasteiger partial charge in [-0.2, -0.15) is 0 Å². The second-order valence-corrected chi connectivity index (χ2v) is 6.64. The number of ether oxygens (including phenoxy) is 1. The molecular weight excluding hydrogens is 336 g/mol. The summed E-state index contributed by atoms with van der Waals surface area (Å²) < 4.78 is 5.40. The number of rotatable bonds is 5. The molecule has 0 atom stereocenters. The number of hydrogen-bond donors (Lipinski definition) is 0. The minimum atomic E-state index is 0.911. The van der Waals surface area contributed by atoms with Crippen LogP contribution in [0.15, 0.2) is 60.9 Å². The van der Waals surface area contributed by atoms with Gasteiger partial charge in [-0.3, -0.25) is 9.88 Å². The van der Waals surface area contributed by atoms with E-state index in [2.05, 4.69) is 44.1 Å². The summed E-state index contributed by atoms with van der Waals surface area (Å²) in [4.78, 5) is 13.9. The lowest BCUT2D eigenvalue weighted by Gasteiger charge is -2.35. The Labute approximate surface area is 159 Å². The Bertz CT molecular complexity index is 927. The Morgan fingerprint density at radius 1 is 0.963 bits per heavy atom. The van der Waals surface area contributed by atoms with Gasteiger partial charge in [-0.25, -0.2) is 4.98 Å². The minimum absolute atomic E-state index is 0.911. The zero-order valence-corrected chi connectivity index (χ0v) is 15.6. The molecule has 0 unspecified atom stereocenters. The fraction of sp³-hybridized carbons (Fsp3) is 0.273. The van der Waals surface area contributed by atoms with Gasteiger partial charge in [0.05, 0.1) is 12.6 Å². The van der Waals surface area contributed by atoms with Gasteiger partial charge in [0.1, 0.15) is 11.6 Å². The number of para-hydroxylation sites is 1. The van der Waals surface area contributed by atoms with Crippen LogP contribution in [-0.4, -0.2) is 54.7 Å². The molecule has 27 heavy (non-hydrogen) atoms. The summed E-state index contributed by atoms with van der Waals surface area (Å²) >= 11 is 0. The third-order valence-electron chi connectivity index (χ3n) is 4.98. The highest BCUT2D eigenvalue weighted by Crippen LogP contribution is 2.24. The summed E-state index contributed by atoms with van der Waals surface area (Å²) in [6, 6.07) is 14.1. The van der Waals surface area contributed by atoms with Gasteiger partial charge in [0.25, 0.3) is 0 Å². The Kier molecular flexibility index (Phi) is 5.30. The normalized spacial score (nSPS) is 15.5. The molecule has 1 saturated heterocycles. The summed E-state index contributed by atoms with van der Waals surface area (Å²) in [6.45, 7) is 4.94. The highest BCUT2D eigenvalue weighted by atomic mass is 16.5. The van der Waals surface area contributed by atoms with E-state index < -0.39 is 0 Å². The van der Waals surface area contributed by atoms with Crippen molar-refractivity contribution in [3.8, 4) is 5.75 Å². The molecule has 0 bridgehead atoms. The Balaban J connectivity index is 1.37. The van der Waals surface area contributed by atoms with Crippen LogP contribution in [0.4, 0.5) is 5.82 Å². The van der Waals surface area contributed by atoms with E-state index in [1.807, 2.05) is 42.7 Å². The highest BCUT2D eigenvalue weighted by Gasteiger charge is 2.18. The van der Waals surface area contributed by atoms with Crippen molar-refractivity contribution in [2.75, 3.05) is 44.7 Å². The molecule has 0 amide bonds. The van der Waals surface area contributed by atoms with Crippen LogP contribution in [0.1, 0.15) is 5.56 Å². The molecule has 5 nitrogen and oxygen atoms in total. The fourth-order valence-electron chi connectivity index (χ4n) is 3.51. The summed E-state index contributed by atoms with van der Waals surface area (Å²) in [5.41, 5.74) is 2.12. The zero-order valence-electron chi connectivity index (χ0n) is 15.6. The Morgan fingerprint density at radius 3 is 2.67 bits per heavy atom. The maximum absolute atomic E-state index is 5.40. The predicted octanol–water partition coefficient (Wildman–Crippen LogP) is 3.47. The summed E-state index contributed by atoms with van der Waals surface area (Å²) in [5.74, 6) is 1.96. The first-order valence-corrected chi connectivity index (χ1v) is 9.32. The molecule has 3 heterocycles. The number of nitrogens with zero attached hydrogens (tertiary/aromatic N) is 4. The number of aromatic nitrogens is 2. The van der Waals surface area contributed by atoms with Crippen LogP contribution in [0.3, 0.4) is 0 Å². The van der Waals surface area contributed by atoms with Crippen molar-refractivity contribution in [1.82, 2.24) is 14.9 Å². The van der Waals surface area contributed by atoms with Gasteiger partial charge in [-0.1, -0.05) is 30.4 Å². The van der Waals surface area contributed by atoms with Crippen molar-refractivity contribution in [2.24, 2.45) is 0 Å². The standard InChI is InChI=1S/C22H24N4O/c1-27-21-9-3-2-6-18(21)7-5-13-25-14-16-26(17-15-25)22-19-8-4-11-23-20(19)10-12-24-22/h2-12H,13-17H2,1H3/b7-5+. The Hall–Kier alpha value is -2.92. The third-order valence-corrected chi connectivity index (χ3v) is 4.98. The van der Waals surface area contributed by atoms with E-state index in [1.54, 1.807) is 7.11 Å². The molecule has 3 aromatic rings. The lowest BCUT2D eigenvalue weighted by atomic mass is 10.2. The first-order chi connectivity index (χ1) is 13.3. The molecule has 1 aromatic carbocycles. The molecule has 0 radical (unpaired) electrons. The van der Waals surface area contributed by atoms with Crippen molar-refractivity contribution in [2.45, 2.75) is 0 Å². The average Bonchev–Trinajstić information content (AvgIpc) is 2.74. The smallest absolute Gasteiger partial charge is 0.138 e. The molecular formula is C22H24N4O. The fourth-order valence-corrected chi connectivity index (χ4v) is 3.51. The van der Waals surface area contributed by atoms with Crippen LogP contribution in [0.5, 0.6) is 5.75 Å². The summed E-state index contributed by atoms with van der Waals surface area (Å²) in [7, 11) is 1.71. The van der Waals surface area contributed by atoms with E-state index in [9.17, 15) is 0 Å². The van der Waals surface area contributed by atoms with Crippen LogP contribution in [0, 0.1) is 0 Å². The SMILES string of the molecule is COc1ccccc1/C=C/CN1CCN(c2nccc3ncccc23)CC1. The van der Waals surface area contributed by atoms with Gasteiger partial charge in [0, 0.05) is 56.1 Å². The van der Waals surface area contributed by atoms with E-state index in [0.29, 0.717) is 0 Å². The number of hydrogen-bond acceptors (Lipinski definition) is 5. The van der Waals surface area contributed by atoms with Gasteiger partial charge in [-0.05, 0) is 24.3 Å². The van der Waals surface area contributed by atoms with Crippen LogP contribution in [-0.2, 0) is 0 Å². The van der Waals surface area contributed by atoms with Crippen LogP contribution in [0.25, 0.3) is 17.0 Å². The molecule has 0 aliphatic carbocycles. The average molecular weight is 360 g/mol. The molecule has 5 heteroatoms. The van der Waals surface area contributed by atoms with Crippen LogP contribution in [0.2, 0.25) is 0 Å². The number of pyridine rings is 2. The van der Waals surface area contributed by atoms with Crippen molar-refractivity contribution >= 4 is 22.8 Å². The van der Waals surface area contributed by atoms with Gasteiger partial charge in [0.2, 0.25) is 0 Å². The number of anilines is 1. The number of methoxy groups -OCH3 is 1. The van der Waals surface area contributed by atoms with E-state index in [-0.39, 0.29) is 0 Å². The third kappa shape index (κ3) is 3.93. The first-order valence-electron chi connectivity index (χ1n) is 9.32. The van der Waals surface area contributed by atoms with E-state index in [1.165, 1.54) is 0 Å². The van der Waals surface area contributed by atoms with Crippen molar-refractivity contribution in [1.29, 1.82) is 0 Å². The van der Waals surface area contributed by atoms with Crippen molar-refractivity contribution < 1.29 is 4.74 Å². The van der Waals surface area contributed by atoms with Gasteiger partial charge < -0.3 is 9.64 Å². The largest absolute Gasteiger partial charge is 0.496 e. The first kappa shape index (κ1) is 17.5.